The van der Waals surface area contributed by atoms with Crippen molar-refractivity contribution in [2.24, 2.45) is 0 Å². The van der Waals surface area contributed by atoms with E-state index in [0.29, 0.717) is 6.04 Å². The van der Waals surface area contributed by atoms with Gasteiger partial charge in [0.25, 0.3) is 0 Å². The number of methoxy groups -OCH3 is 1. The Hall–Kier alpha value is -1.07. The van der Waals surface area contributed by atoms with E-state index in [0.717, 1.165) is 34.2 Å². The molecule has 0 atom stereocenters. The summed E-state index contributed by atoms with van der Waals surface area (Å²) in [5.74, 6) is 0.854. The minimum atomic E-state index is 0.489. The number of hydrogen-bond acceptors (Lipinski definition) is 3. The third kappa shape index (κ3) is 1.73. The maximum atomic E-state index is 5.33. The molecule has 0 bridgehead atoms. The first kappa shape index (κ1) is 11.0. The first-order valence-electron chi connectivity index (χ1n) is 5.58. The summed E-state index contributed by atoms with van der Waals surface area (Å²) in [6, 6.07) is 4.59. The van der Waals surface area contributed by atoms with Crippen molar-refractivity contribution < 1.29 is 4.74 Å². The highest BCUT2D eigenvalue weighted by molar-refractivity contribution is 9.10. The number of rotatable bonds is 2. The van der Waals surface area contributed by atoms with Gasteiger partial charge in [0.05, 0.1) is 29.3 Å². The summed E-state index contributed by atoms with van der Waals surface area (Å²) >= 11 is 3.49. The van der Waals surface area contributed by atoms with Gasteiger partial charge in [0.15, 0.2) is 0 Å². The highest BCUT2D eigenvalue weighted by Gasteiger charge is 2.26. The largest absolute Gasteiger partial charge is 0.495 e. The number of nitrogens with zero attached hydrogens (tertiary/aromatic N) is 3. The first-order valence-corrected chi connectivity index (χ1v) is 6.37. The molecule has 0 amide bonds. The predicted octanol–water partition coefficient (Wildman–Crippen LogP) is 2.29. The molecular weight excluding hydrogens is 282 g/mol. The van der Waals surface area contributed by atoms with Crippen molar-refractivity contribution in [1.29, 1.82) is 0 Å². The van der Waals surface area contributed by atoms with E-state index in [-0.39, 0.29) is 0 Å². The zero-order valence-electron chi connectivity index (χ0n) is 9.85. The SMILES string of the molecule is COc1cc2c(cnn2C2CN(C)C2)cc1Br. The van der Waals surface area contributed by atoms with Gasteiger partial charge in [-0.25, -0.2) is 0 Å². The fourth-order valence-electron chi connectivity index (χ4n) is 2.31. The molecule has 0 saturated carbocycles. The van der Waals surface area contributed by atoms with Crippen molar-refractivity contribution in [3.8, 4) is 5.75 Å². The van der Waals surface area contributed by atoms with Crippen LogP contribution in [0, 0.1) is 0 Å². The van der Waals surface area contributed by atoms with Crippen LogP contribution in [0.3, 0.4) is 0 Å². The lowest BCUT2D eigenvalue weighted by Gasteiger charge is -2.36. The normalized spacial score (nSPS) is 17.4. The Morgan fingerprint density at radius 2 is 2.18 bits per heavy atom. The molecule has 1 fully saturated rings. The topological polar surface area (TPSA) is 30.3 Å². The quantitative estimate of drug-likeness (QED) is 0.852. The molecule has 0 aliphatic carbocycles. The highest BCUT2D eigenvalue weighted by atomic mass is 79.9. The van der Waals surface area contributed by atoms with Gasteiger partial charge in [0.2, 0.25) is 0 Å². The molecule has 90 valence electrons. The Kier molecular flexibility index (Phi) is 2.60. The molecule has 1 aliphatic rings. The fourth-order valence-corrected chi connectivity index (χ4v) is 2.84. The molecule has 1 aromatic carbocycles. The number of aromatic nitrogens is 2. The van der Waals surface area contributed by atoms with Crippen LogP contribution in [0.5, 0.6) is 5.75 Å². The summed E-state index contributed by atoms with van der Waals surface area (Å²) in [7, 11) is 3.81. The number of fused-ring (bicyclic) bond motifs is 1. The second-order valence-corrected chi connectivity index (χ2v) is 5.36. The van der Waals surface area contributed by atoms with Crippen LogP contribution in [0.4, 0.5) is 0 Å². The summed E-state index contributed by atoms with van der Waals surface area (Å²) in [5, 5.41) is 5.63. The van der Waals surface area contributed by atoms with Crippen molar-refractivity contribution in [3.05, 3.63) is 22.8 Å². The molecule has 2 aromatic rings. The molecule has 0 N–H and O–H groups in total. The van der Waals surface area contributed by atoms with Crippen LogP contribution in [0.15, 0.2) is 22.8 Å². The van der Waals surface area contributed by atoms with Crippen molar-refractivity contribution in [2.45, 2.75) is 6.04 Å². The highest BCUT2D eigenvalue weighted by Crippen LogP contribution is 2.32. The smallest absolute Gasteiger partial charge is 0.135 e. The number of likely N-dealkylation sites (tertiary alicyclic amines) is 1. The van der Waals surface area contributed by atoms with Crippen LogP contribution in [-0.2, 0) is 0 Å². The Bertz CT molecular complexity index is 560. The van der Waals surface area contributed by atoms with E-state index in [2.05, 4.69) is 43.7 Å². The zero-order valence-corrected chi connectivity index (χ0v) is 11.4. The number of ether oxygens (including phenoxy) is 1. The van der Waals surface area contributed by atoms with Gasteiger partial charge in [-0.1, -0.05) is 0 Å². The average molecular weight is 296 g/mol. The molecule has 1 aromatic heterocycles. The van der Waals surface area contributed by atoms with E-state index in [1.165, 1.54) is 0 Å². The number of benzene rings is 1. The van der Waals surface area contributed by atoms with Gasteiger partial charge in [-0.2, -0.15) is 5.10 Å². The summed E-state index contributed by atoms with van der Waals surface area (Å²) < 4.78 is 8.40. The van der Waals surface area contributed by atoms with Crippen molar-refractivity contribution >= 4 is 26.8 Å². The van der Waals surface area contributed by atoms with E-state index in [4.69, 9.17) is 4.74 Å². The number of likely N-dealkylation sites (N-methyl/N-ethyl adjacent to an activating group) is 1. The summed E-state index contributed by atoms with van der Waals surface area (Å²) in [6.07, 6.45) is 1.91. The lowest BCUT2D eigenvalue weighted by atomic mass is 10.1. The minimum absolute atomic E-state index is 0.489. The Labute approximate surface area is 108 Å². The van der Waals surface area contributed by atoms with Gasteiger partial charge in [0, 0.05) is 24.5 Å². The van der Waals surface area contributed by atoms with Crippen LogP contribution in [0.25, 0.3) is 10.9 Å². The molecule has 5 heteroatoms. The monoisotopic (exact) mass is 295 g/mol. The third-order valence-corrected chi connectivity index (χ3v) is 3.88. The zero-order chi connectivity index (χ0) is 12.0. The van der Waals surface area contributed by atoms with Crippen LogP contribution < -0.4 is 4.74 Å². The molecule has 4 nitrogen and oxygen atoms in total. The van der Waals surface area contributed by atoms with E-state index in [1.807, 2.05) is 12.3 Å². The molecule has 1 saturated heterocycles. The second kappa shape index (κ2) is 3.99. The Balaban J connectivity index is 2.08. The average Bonchev–Trinajstić information content (AvgIpc) is 2.66. The summed E-state index contributed by atoms with van der Waals surface area (Å²) in [5.41, 5.74) is 1.14. The van der Waals surface area contributed by atoms with Crippen molar-refractivity contribution in [1.82, 2.24) is 14.7 Å². The number of halogens is 1. The minimum Gasteiger partial charge on any atom is -0.495 e. The molecule has 0 radical (unpaired) electrons. The van der Waals surface area contributed by atoms with Crippen molar-refractivity contribution in [2.75, 3.05) is 27.2 Å². The number of hydrogen-bond donors (Lipinski definition) is 0. The van der Waals surface area contributed by atoms with Gasteiger partial charge in [-0.15, -0.1) is 0 Å². The van der Waals surface area contributed by atoms with Gasteiger partial charge >= 0.3 is 0 Å². The third-order valence-electron chi connectivity index (χ3n) is 3.26. The van der Waals surface area contributed by atoms with Gasteiger partial charge in [-0.05, 0) is 29.0 Å². The molecular formula is C12H14BrN3O. The van der Waals surface area contributed by atoms with Crippen molar-refractivity contribution in [3.63, 3.8) is 0 Å². The van der Waals surface area contributed by atoms with E-state index in [9.17, 15) is 0 Å². The Morgan fingerprint density at radius 3 is 2.82 bits per heavy atom. The summed E-state index contributed by atoms with van der Waals surface area (Å²) in [4.78, 5) is 2.29. The van der Waals surface area contributed by atoms with E-state index < -0.39 is 0 Å². The van der Waals surface area contributed by atoms with Crippen LogP contribution in [0.1, 0.15) is 6.04 Å². The van der Waals surface area contributed by atoms with Gasteiger partial charge in [0.1, 0.15) is 5.75 Å². The predicted molar refractivity (Wildman–Crippen MR) is 70.5 cm³/mol. The molecule has 1 aliphatic heterocycles. The summed E-state index contributed by atoms with van der Waals surface area (Å²) in [6.45, 7) is 2.13. The maximum absolute atomic E-state index is 5.33. The molecule has 0 unspecified atom stereocenters. The van der Waals surface area contributed by atoms with Gasteiger partial charge < -0.3 is 9.64 Å². The lowest BCUT2D eigenvalue weighted by Crippen LogP contribution is -2.45. The van der Waals surface area contributed by atoms with Crippen LogP contribution >= 0.6 is 15.9 Å². The molecule has 2 heterocycles. The second-order valence-electron chi connectivity index (χ2n) is 4.51. The van der Waals surface area contributed by atoms with E-state index in [1.54, 1.807) is 7.11 Å². The first-order chi connectivity index (χ1) is 8.19. The van der Waals surface area contributed by atoms with Crippen LogP contribution in [-0.4, -0.2) is 41.9 Å². The molecule has 3 rings (SSSR count). The van der Waals surface area contributed by atoms with Gasteiger partial charge in [-0.3, -0.25) is 4.68 Å². The van der Waals surface area contributed by atoms with Crippen LogP contribution in [0.2, 0.25) is 0 Å². The fraction of sp³-hybridized carbons (Fsp3) is 0.417. The molecule has 17 heavy (non-hydrogen) atoms. The lowest BCUT2D eigenvalue weighted by molar-refractivity contribution is 0.134. The molecule has 0 spiro atoms. The van der Waals surface area contributed by atoms with E-state index >= 15 is 0 Å². The standard InChI is InChI=1S/C12H14BrN3O/c1-15-6-9(7-15)16-11-4-12(17-2)10(13)3-8(11)5-14-16/h3-5,9H,6-7H2,1-2H3. The maximum Gasteiger partial charge on any atom is 0.135 e. The Morgan fingerprint density at radius 1 is 1.41 bits per heavy atom.